The largest absolute Gasteiger partial charge is 0.573 e. The Morgan fingerprint density at radius 2 is 1.93 bits per heavy atom. The summed E-state index contributed by atoms with van der Waals surface area (Å²) in [7, 11) is 0. The Hall–Kier alpha value is -3.23. The number of anilines is 2. The highest BCUT2D eigenvalue weighted by Crippen LogP contribution is 2.34. The topological polar surface area (TPSA) is 59.1 Å². The first kappa shape index (κ1) is 19.1. The summed E-state index contributed by atoms with van der Waals surface area (Å²) in [6, 6.07) is 10.6. The highest BCUT2D eigenvalue weighted by atomic mass is 19.4. The average molecular weight is 406 g/mol. The molecule has 0 atom stereocenters. The molecule has 0 spiro atoms. The monoisotopic (exact) mass is 406 g/mol. The van der Waals surface area contributed by atoms with Crippen molar-refractivity contribution < 1.29 is 32.2 Å². The van der Waals surface area contributed by atoms with Crippen LogP contribution < -0.4 is 14.5 Å². The van der Waals surface area contributed by atoms with E-state index in [-0.39, 0.29) is 11.7 Å². The first-order chi connectivity index (χ1) is 13.8. The number of carbonyl (C=O) groups excluding carboxylic acids is 2. The lowest BCUT2D eigenvalue weighted by atomic mass is 10.00. The first-order valence-electron chi connectivity index (χ1n) is 9.07. The lowest BCUT2D eigenvalue weighted by Gasteiger charge is -2.30. The Morgan fingerprint density at radius 1 is 1.10 bits per heavy atom. The number of hydrogen-bond acceptors (Lipinski definition) is 4. The number of halogens is 3. The van der Waals surface area contributed by atoms with Gasteiger partial charge in [0.25, 0.3) is 5.91 Å². The summed E-state index contributed by atoms with van der Waals surface area (Å²) in [5.74, 6) is -0.593. The highest BCUT2D eigenvalue weighted by Gasteiger charge is 2.32. The standard InChI is InChI=1S/C20H17F3N2O4/c21-20(22,23)29-16-6-7-17-13(12-16)4-2-8-25(17)18(26)14-3-1-5-15(11-14)24-9-10-28-19(24)27/h1,3,5-7,11-12H,2,4,8-10H2. The molecule has 29 heavy (non-hydrogen) atoms. The van der Waals surface area contributed by atoms with Crippen molar-refractivity contribution in [2.24, 2.45) is 0 Å². The van der Waals surface area contributed by atoms with Gasteiger partial charge in [0.1, 0.15) is 12.4 Å². The minimum absolute atomic E-state index is 0.287. The molecule has 0 aromatic heterocycles. The van der Waals surface area contributed by atoms with Gasteiger partial charge >= 0.3 is 12.5 Å². The zero-order valence-electron chi connectivity index (χ0n) is 15.2. The fourth-order valence-corrected chi connectivity index (χ4v) is 3.57. The van der Waals surface area contributed by atoms with E-state index in [9.17, 15) is 22.8 Å². The summed E-state index contributed by atoms with van der Waals surface area (Å²) in [4.78, 5) is 27.9. The lowest BCUT2D eigenvalue weighted by molar-refractivity contribution is -0.274. The second-order valence-corrected chi connectivity index (χ2v) is 6.72. The molecule has 0 aliphatic carbocycles. The fourth-order valence-electron chi connectivity index (χ4n) is 3.57. The lowest BCUT2D eigenvalue weighted by Crippen LogP contribution is -2.35. The van der Waals surface area contributed by atoms with Crippen molar-refractivity contribution >= 4 is 23.4 Å². The molecular weight excluding hydrogens is 389 g/mol. The molecule has 2 aromatic carbocycles. The van der Waals surface area contributed by atoms with Crippen LogP contribution >= 0.6 is 0 Å². The minimum Gasteiger partial charge on any atom is -0.447 e. The summed E-state index contributed by atoms with van der Waals surface area (Å²) in [5.41, 5.74) is 2.11. The number of hydrogen-bond donors (Lipinski definition) is 0. The quantitative estimate of drug-likeness (QED) is 0.769. The molecule has 4 rings (SSSR count). The van der Waals surface area contributed by atoms with E-state index in [4.69, 9.17) is 4.74 Å². The van der Waals surface area contributed by atoms with E-state index in [2.05, 4.69) is 4.74 Å². The number of carbonyl (C=O) groups is 2. The van der Waals surface area contributed by atoms with Crippen molar-refractivity contribution in [1.29, 1.82) is 0 Å². The van der Waals surface area contributed by atoms with Crippen LogP contribution in [0.3, 0.4) is 0 Å². The van der Waals surface area contributed by atoms with E-state index >= 15 is 0 Å². The van der Waals surface area contributed by atoms with Gasteiger partial charge in [0.2, 0.25) is 0 Å². The molecular formula is C20H17F3N2O4. The maximum atomic E-state index is 13.1. The molecule has 1 fully saturated rings. The van der Waals surface area contributed by atoms with E-state index in [1.807, 2.05) is 0 Å². The van der Waals surface area contributed by atoms with Gasteiger partial charge in [-0.2, -0.15) is 0 Å². The molecule has 9 heteroatoms. The number of nitrogens with zero attached hydrogens (tertiary/aromatic N) is 2. The molecule has 1 saturated heterocycles. The Morgan fingerprint density at radius 3 is 2.66 bits per heavy atom. The summed E-state index contributed by atoms with van der Waals surface area (Å²) < 4.78 is 46.3. The molecule has 2 amide bonds. The molecule has 152 valence electrons. The van der Waals surface area contributed by atoms with Crippen LogP contribution in [0, 0.1) is 0 Å². The molecule has 0 saturated carbocycles. The van der Waals surface area contributed by atoms with Crippen LogP contribution in [-0.2, 0) is 11.2 Å². The molecule has 0 bridgehead atoms. The maximum Gasteiger partial charge on any atom is 0.573 e. The predicted molar refractivity (Wildman–Crippen MR) is 98.3 cm³/mol. The van der Waals surface area contributed by atoms with E-state index in [0.29, 0.717) is 55.0 Å². The Kier molecular flexibility index (Phi) is 4.81. The Balaban J connectivity index is 1.60. The van der Waals surface area contributed by atoms with Crippen LogP contribution in [0.5, 0.6) is 5.75 Å². The van der Waals surface area contributed by atoms with Crippen molar-refractivity contribution in [3.8, 4) is 5.75 Å². The number of benzene rings is 2. The Labute approximate surface area is 164 Å². The maximum absolute atomic E-state index is 13.1. The van der Waals surface area contributed by atoms with E-state index in [1.165, 1.54) is 28.0 Å². The smallest absolute Gasteiger partial charge is 0.447 e. The van der Waals surface area contributed by atoms with Gasteiger partial charge in [0, 0.05) is 23.5 Å². The molecule has 0 unspecified atom stereocenters. The summed E-state index contributed by atoms with van der Waals surface area (Å²) in [6.07, 6.45) is -4.06. The molecule has 6 nitrogen and oxygen atoms in total. The van der Waals surface area contributed by atoms with Gasteiger partial charge in [-0.1, -0.05) is 6.07 Å². The molecule has 2 aromatic rings. The van der Waals surface area contributed by atoms with Crippen molar-refractivity contribution in [2.75, 3.05) is 29.5 Å². The van der Waals surface area contributed by atoms with Crippen LogP contribution in [0.25, 0.3) is 0 Å². The second kappa shape index (κ2) is 7.31. The van der Waals surface area contributed by atoms with E-state index in [1.54, 1.807) is 24.3 Å². The molecule has 2 aliphatic heterocycles. The number of aryl methyl sites for hydroxylation is 1. The van der Waals surface area contributed by atoms with Crippen molar-refractivity contribution in [3.05, 3.63) is 53.6 Å². The van der Waals surface area contributed by atoms with Crippen molar-refractivity contribution in [2.45, 2.75) is 19.2 Å². The number of alkyl halides is 3. The van der Waals surface area contributed by atoms with Gasteiger partial charge in [-0.05, 0) is 54.8 Å². The van der Waals surface area contributed by atoms with Crippen LogP contribution in [0.15, 0.2) is 42.5 Å². The van der Waals surface area contributed by atoms with Crippen molar-refractivity contribution in [3.63, 3.8) is 0 Å². The van der Waals surface area contributed by atoms with Crippen LogP contribution in [0.2, 0.25) is 0 Å². The number of fused-ring (bicyclic) bond motifs is 1. The van der Waals surface area contributed by atoms with Crippen LogP contribution in [0.1, 0.15) is 22.3 Å². The zero-order chi connectivity index (χ0) is 20.6. The predicted octanol–water partition coefficient (Wildman–Crippen LogP) is 4.13. The van der Waals surface area contributed by atoms with E-state index < -0.39 is 12.5 Å². The highest BCUT2D eigenvalue weighted by molar-refractivity contribution is 6.07. The second-order valence-electron chi connectivity index (χ2n) is 6.72. The average Bonchev–Trinajstić information content (AvgIpc) is 3.11. The number of ether oxygens (including phenoxy) is 2. The molecule has 0 radical (unpaired) electrons. The fraction of sp³-hybridized carbons (Fsp3) is 0.300. The summed E-state index contributed by atoms with van der Waals surface area (Å²) in [6.45, 7) is 1.14. The third kappa shape index (κ3) is 3.98. The minimum atomic E-state index is -4.77. The molecule has 2 aliphatic rings. The number of cyclic esters (lactones) is 1. The molecule has 2 heterocycles. The third-order valence-electron chi connectivity index (χ3n) is 4.81. The van der Waals surface area contributed by atoms with Gasteiger partial charge < -0.3 is 14.4 Å². The van der Waals surface area contributed by atoms with E-state index in [0.717, 1.165) is 0 Å². The van der Waals surface area contributed by atoms with Gasteiger partial charge in [0.15, 0.2) is 0 Å². The van der Waals surface area contributed by atoms with Gasteiger partial charge in [0.05, 0.1) is 6.54 Å². The molecule has 0 N–H and O–H groups in total. The van der Waals surface area contributed by atoms with Gasteiger partial charge in [-0.15, -0.1) is 13.2 Å². The number of amides is 2. The zero-order valence-corrected chi connectivity index (χ0v) is 15.2. The van der Waals surface area contributed by atoms with Gasteiger partial charge in [-0.3, -0.25) is 9.69 Å². The number of rotatable bonds is 3. The summed E-state index contributed by atoms with van der Waals surface area (Å²) in [5, 5.41) is 0. The Bertz CT molecular complexity index is 961. The van der Waals surface area contributed by atoms with Crippen LogP contribution in [0.4, 0.5) is 29.3 Å². The third-order valence-corrected chi connectivity index (χ3v) is 4.81. The van der Waals surface area contributed by atoms with Gasteiger partial charge in [-0.25, -0.2) is 4.79 Å². The first-order valence-corrected chi connectivity index (χ1v) is 9.07. The van der Waals surface area contributed by atoms with Crippen LogP contribution in [-0.4, -0.2) is 38.1 Å². The normalized spacial score (nSPS) is 16.4. The van der Waals surface area contributed by atoms with Crippen molar-refractivity contribution in [1.82, 2.24) is 0 Å². The SMILES string of the molecule is O=C1OCCN1c1cccc(C(=O)N2CCCc3cc(OC(F)(F)F)ccc32)c1. The summed E-state index contributed by atoms with van der Waals surface area (Å²) >= 11 is 0.